The second kappa shape index (κ2) is 5.74. The highest BCUT2D eigenvalue weighted by Crippen LogP contribution is 2.17. The van der Waals surface area contributed by atoms with E-state index in [1.54, 1.807) is 0 Å². The summed E-state index contributed by atoms with van der Waals surface area (Å²) in [5.74, 6) is -0.0963. The zero-order valence-corrected chi connectivity index (χ0v) is 12.2. The van der Waals surface area contributed by atoms with Crippen molar-refractivity contribution in [3.63, 3.8) is 0 Å². The van der Waals surface area contributed by atoms with Crippen LogP contribution in [0.15, 0.2) is 41.3 Å². The van der Waals surface area contributed by atoms with Gasteiger partial charge in [-0.15, -0.1) is 0 Å². The molecular formula is C16H15ClN2O2. The molecule has 1 aliphatic heterocycles. The van der Waals surface area contributed by atoms with Gasteiger partial charge in [-0.25, -0.2) is 0 Å². The van der Waals surface area contributed by atoms with Crippen molar-refractivity contribution in [2.45, 2.75) is 12.8 Å². The second-order valence-electron chi connectivity index (χ2n) is 5.13. The molecular weight excluding hydrogens is 288 g/mol. The van der Waals surface area contributed by atoms with Gasteiger partial charge >= 0.3 is 0 Å². The van der Waals surface area contributed by atoms with Crippen molar-refractivity contribution in [1.29, 1.82) is 0 Å². The molecule has 0 unspecified atom stereocenters. The van der Waals surface area contributed by atoms with Crippen LogP contribution in [0.25, 0.3) is 0 Å². The first kappa shape index (κ1) is 13.9. The van der Waals surface area contributed by atoms with Gasteiger partial charge in [0.1, 0.15) is 5.02 Å². The van der Waals surface area contributed by atoms with E-state index in [4.69, 9.17) is 11.6 Å². The highest BCUT2D eigenvalue weighted by Gasteiger charge is 2.20. The van der Waals surface area contributed by atoms with Gasteiger partial charge in [-0.3, -0.25) is 9.59 Å². The predicted molar refractivity (Wildman–Crippen MR) is 81.8 cm³/mol. The standard InChI is InChI=1S/C16H15ClN2O2/c17-14-9-13(10-18-15(14)20)16(21)19-7-5-11-3-1-2-4-12(11)6-8-19/h1-4,9-10H,5-8H2,(H,18,20). The Hall–Kier alpha value is -2.07. The molecule has 0 atom stereocenters. The zero-order valence-electron chi connectivity index (χ0n) is 11.4. The van der Waals surface area contributed by atoms with E-state index in [-0.39, 0.29) is 16.5 Å². The zero-order chi connectivity index (χ0) is 14.8. The number of nitrogens with zero attached hydrogens (tertiary/aromatic N) is 1. The van der Waals surface area contributed by atoms with E-state index in [1.165, 1.54) is 23.4 Å². The van der Waals surface area contributed by atoms with Crippen molar-refractivity contribution in [3.8, 4) is 0 Å². The van der Waals surface area contributed by atoms with Crippen molar-refractivity contribution in [2.24, 2.45) is 0 Å². The van der Waals surface area contributed by atoms with Crippen molar-refractivity contribution < 1.29 is 4.79 Å². The number of aromatic amines is 1. The number of fused-ring (bicyclic) bond motifs is 1. The molecule has 21 heavy (non-hydrogen) atoms. The number of amides is 1. The van der Waals surface area contributed by atoms with Gasteiger partial charge in [0.05, 0.1) is 5.56 Å². The lowest BCUT2D eigenvalue weighted by atomic mass is 10.0. The Morgan fingerprint density at radius 2 is 1.76 bits per heavy atom. The topological polar surface area (TPSA) is 53.2 Å². The number of halogens is 1. The van der Waals surface area contributed by atoms with Gasteiger partial charge in [-0.2, -0.15) is 0 Å². The van der Waals surface area contributed by atoms with Gasteiger partial charge in [-0.1, -0.05) is 35.9 Å². The highest BCUT2D eigenvalue weighted by molar-refractivity contribution is 6.30. The summed E-state index contributed by atoms with van der Waals surface area (Å²) in [6, 6.07) is 9.71. The Labute approximate surface area is 127 Å². The fourth-order valence-corrected chi connectivity index (χ4v) is 2.81. The first-order valence-corrected chi connectivity index (χ1v) is 7.27. The monoisotopic (exact) mass is 302 g/mol. The molecule has 0 aliphatic carbocycles. The minimum atomic E-state index is -0.378. The van der Waals surface area contributed by atoms with E-state index < -0.39 is 0 Å². The SMILES string of the molecule is O=C(c1c[nH]c(=O)c(Cl)c1)N1CCc2ccccc2CC1. The van der Waals surface area contributed by atoms with Crippen LogP contribution < -0.4 is 5.56 Å². The van der Waals surface area contributed by atoms with Crippen LogP contribution in [-0.2, 0) is 12.8 Å². The van der Waals surface area contributed by atoms with Crippen LogP contribution in [0.4, 0.5) is 0 Å². The third-order valence-corrected chi connectivity index (χ3v) is 4.09. The Balaban J connectivity index is 1.80. The molecule has 0 bridgehead atoms. The number of pyridine rings is 1. The van der Waals surface area contributed by atoms with Crippen molar-refractivity contribution in [3.05, 3.63) is 68.6 Å². The van der Waals surface area contributed by atoms with Gasteiger partial charge in [-0.05, 0) is 30.0 Å². The third-order valence-electron chi connectivity index (χ3n) is 3.81. The molecule has 2 aromatic rings. The molecule has 0 saturated carbocycles. The van der Waals surface area contributed by atoms with Gasteiger partial charge < -0.3 is 9.88 Å². The fraction of sp³-hybridized carbons (Fsp3) is 0.250. The van der Waals surface area contributed by atoms with Crippen LogP contribution in [0.1, 0.15) is 21.5 Å². The molecule has 3 rings (SSSR count). The molecule has 5 heteroatoms. The largest absolute Gasteiger partial charge is 0.338 e. The molecule has 0 saturated heterocycles. The van der Waals surface area contributed by atoms with Crippen molar-refractivity contribution >= 4 is 17.5 Å². The summed E-state index contributed by atoms with van der Waals surface area (Å²) in [7, 11) is 0. The molecule has 1 N–H and O–H groups in total. The average molecular weight is 303 g/mol. The van der Waals surface area contributed by atoms with E-state index in [2.05, 4.69) is 17.1 Å². The lowest BCUT2D eigenvalue weighted by Gasteiger charge is -2.20. The van der Waals surface area contributed by atoms with Crippen LogP contribution in [0.3, 0.4) is 0 Å². The minimum absolute atomic E-state index is 0.0407. The molecule has 4 nitrogen and oxygen atoms in total. The molecule has 0 spiro atoms. The molecule has 1 aromatic carbocycles. The summed E-state index contributed by atoms with van der Waals surface area (Å²) >= 11 is 5.79. The highest BCUT2D eigenvalue weighted by atomic mass is 35.5. The van der Waals surface area contributed by atoms with Gasteiger partial charge in [0.2, 0.25) is 0 Å². The number of aromatic nitrogens is 1. The Morgan fingerprint density at radius 1 is 1.14 bits per heavy atom. The molecule has 2 heterocycles. The quantitative estimate of drug-likeness (QED) is 0.878. The van der Waals surface area contributed by atoms with Crippen LogP contribution in [0.2, 0.25) is 5.02 Å². The molecule has 1 aliphatic rings. The Bertz CT molecular complexity index is 712. The van der Waals surface area contributed by atoms with Crippen LogP contribution in [0.5, 0.6) is 0 Å². The molecule has 1 aromatic heterocycles. The smallest absolute Gasteiger partial charge is 0.266 e. The Morgan fingerprint density at radius 3 is 2.33 bits per heavy atom. The van der Waals surface area contributed by atoms with Crippen molar-refractivity contribution in [1.82, 2.24) is 9.88 Å². The second-order valence-corrected chi connectivity index (χ2v) is 5.53. The van der Waals surface area contributed by atoms with Gasteiger partial charge in [0, 0.05) is 19.3 Å². The van der Waals surface area contributed by atoms with Crippen molar-refractivity contribution in [2.75, 3.05) is 13.1 Å². The minimum Gasteiger partial charge on any atom is -0.338 e. The first-order chi connectivity index (χ1) is 10.1. The van der Waals surface area contributed by atoms with E-state index in [9.17, 15) is 9.59 Å². The summed E-state index contributed by atoms with van der Waals surface area (Å²) in [5.41, 5.74) is 2.64. The number of H-pyrrole nitrogens is 1. The number of carbonyl (C=O) groups is 1. The normalized spacial score (nSPS) is 14.4. The van der Waals surface area contributed by atoms with Crippen LogP contribution in [0, 0.1) is 0 Å². The molecule has 0 fully saturated rings. The summed E-state index contributed by atoms with van der Waals surface area (Å²) < 4.78 is 0. The summed E-state index contributed by atoms with van der Waals surface area (Å²) in [6.07, 6.45) is 3.12. The number of hydrogen-bond acceptors (Lipinski definition) is 2. The maximum atomic E-state index is 12.5. The predicted octanol–water partition coefficient (Wildman–Crippen LogP) is 2.27. The summed E-state index contributed by atoms with van der Waals surface area (Å²) in [6.45, 7) is 1.35. The molecule has 0 radical (unpaired) electrons. The molecule has 108 valence electrons. The Kier molecular flexibility index (Phi) is 3.80. The van der Waals surface area contributed by atoms with Gasteiger partial charge in [0.15, 0.2) is 0 Å². The number of hydrogen-bond donors (Lipinski definition) is 1. The summed E-state index contributed by atoms with van der Waals surface area (Å²) in [5, 5.41) is 0.0407. The van der Waals surface area contributed by atoms with E-state index in [0.29, 0.717) is 18.7 Å². The van der Waals surface area contributed by atoms with Crippen LogP contribution in [-0.4, -0.2) is 28.9 Å². The van der Waals surface area contributed by atoms with Crippen LogP contribution >= 0.6 is 11.6 Å². The van der Waals surface area contributed by atoms with E-state index >= 15 is 0 Å². The number of rotatable bonds is 1. The average Bonchev–Trinajstić information content (AvgIpc) is 2.72. The molecule has 1 amide bonds. The van der Waals surface area contributed by atoms with E-state index in [0.717, 1.165) is 12.8 Å². The number of carbonyl (C=O) groups excluding carboxylic acids is 1. The fourth-order valence-electron chi connectivity index (χ4n) is 2.63. The maximum absolute atomic E-state index is 12.5. The third kappa shape index (κ3) is 2.85. The maximum Gasteiger partial charge on any atom is 0.266 e. The lowest BCUT2D eigenvalue weighted by molar-refractivity contribution is 0.0762. The number of benzene rings is 1. The van der Waals surface area contributed by atoms with Gasteiger partial charge in [0.25, 0.3) is 11.5 Å². The number of nitrogens with one attached hydrogen (secondary N) is 1. The first-order valence-electron chi connectivity index (χ1n) is 6.89. The van der Waals surface area contributed by atoms with E-state index in [1.807, 2.05) is 17.0 Å². The summed E-state index contributed by atoms with van der Waals surface area (Å²) in [4.78, 5) is 28.1. The lowest BCUT2D eigenvalue weighted by Crippen LogP contribution is -2.33.